The molecular formula is C14H25ClN4O2. The molecule has 0 atom stereocenters. The van der Waals surface area contributed by atoms with Gasteiger partial charge in [-0.2, -0.15) is 5.10 Å². The number of likely N-dealkylation sites (N-methyl/N-ethyl adjacent to an activating group) is 1. The topological polar surface area (TPSA) is 59.4 Å². The lowest BCUT2D eigenvalue weighted by atomic mass is 10.4. The molecule has 0 aromatic carbocycles. The van der Waals surface area contributed by atoms with Crippen molar-refractivity contribution in [3.8, 4) is 0 Å². The Morgan fingerprint density at radius 2 is 2.19 bits per heavy atom. The number of hydrogen-bond donors (Lipinski definition) is 1. The first-order valence-corrected chi connectivity index (χ1v) is 7.66. The van der Waals surface area contributed by atoms with Crippen LogP contribution < -0.4 is 10.9 Å². The zero-order chi connectivity index (χ0) is 15.7. The van der Waals surface area contributed by atoms with Crippen molar-refractivity contribution in [2.24, 2.45) is 0 Å². The molecular weight excluding hydrogens is 292 g/mol. The Bertz CT molecular complexity index is 477. The summed E-state index contributed by atoms with van der Waals surface area (Å²) in [6, 6.07) is 0. The molecule has 0 unspecified atom stereocenters. The Hall–Kier alpha value is -1.11. The van der Waals surface area contributed by atoms with Crippen LogP contribution in [0.4, 0.5) is 5.69 Å². The van der Waals surface area contributed by atoms with Gasteiger partial charge in [-0.25, -0.2) is 4.68 Å². The van der Waals surface area contributed by atoms with Crippen LogP contribution in [-0.2, 0) is 11.3 Å². The van der Waals surface area contributed by atoms with E-state index in [9.17, 15) is 4.79 Å². The zero-order valence-corrected chi connectivity index (χ0v) is 13.8. The lowest BCUT2D eigenvalue weighted by molar-refractivity contribution is 0.141. The fraction of sp³-hybridized carbons (Fsp3) is 0.714. The van der Waals surface area contributed by atoms with E-state index in [4.69, 9.17) is 16.3 Å². The van der Waals surface area contributed by atoms with E-state index in [-0.39, 0.29) is 10.6 Å². The molecule has 0 aliphatic carbocycles. The van der Waals surface area contributed by atoms with Crippen LogP contribution in [0, 0.1) is 0 Å². The van der Waals surface area contributed by atoms with Crippen LogP contribution >= 0.6 is 11.6 Å². The molecule has 1 N–H and O–H groups in total. The van der Waals surface area contributed by atoms with Crippen LogP contribution in [-0.4, -0.2) is 55.1 Å². The monoisotopic (exact) mass is 316 g/mol. The lowest BCUT2D eigenvalue weighted by Gasteiger charge is -2.12. The smallest absolute Gasteiger partial charge is 0.287 e. The molecule has 0 bridgehead atoms. The Morgan fingerprint density at radius 3 is 2.86 bits per heavy atom. The van der Waals surface area contributed by atoms with Crippen molar-refractivity contribution in [1.82, 2.24) is 14.7 Å². The average Bonchev–Trinajstić information content (AvgIpc) is 2.45. The van der Waals surface area contributed by atoms with Gasteiger partial charge in [-0.1, -0.05) is 24.9 Å². The Balaban J connectivity index is 2.49. The molecule has 120 valence electrons. The van der Waals surface area contributed by atoms with Crippen LogP contribution in [0.15, 0.2) is 11.0 Å². The average molecular weight is 317 g/mol. The Morgan fingerprint density at radius 1 is 1.43 bits per heavy atom. The number of nitrogens with zero attached hydrogens (tertiary/aromatic N) is 3. The maximum absolute atomic E-state index is 12.1. The first kappa shape index (κ1) is 17.9. The summed E-state index contributed by atoms with van der Waals surface area (Å²) in [4.78, 5) is 14.0. The van der Waals surface area contributed by atoms with Crippen LogP contribution in [0.2, 0.25) is 5.02 Å². The Kier molecular flexibility index (Phi) is 8.34. The lowest BCUT2D eigenvalue weighted by Crippen LogP contribution is -2.29. The van der Waals surface area contributed by atoms with Crippen LogP contribution in [0.3, 0.4) is 0 Å². The summed E-state index contributed by atoms with van der Waals surface area (Å²) in [5.41, 5.74) is 0.289. The number of anilines is 1. The summed E-state index contributed by atoms with van der Waals surface area (Å²) < 4.78 is 6.82. The zero-order valence-electron chi connectivity index (χ0n) is 13.1. The predicted molar refractivity (Wildman–Crippen MR) is 86.3 cm³/mol. The van der Waals surface area contributed by atoms with E-state index >= 15 is 0 Å². The molecule has 6 nitrogen and oxygen atoms in total. The summed E-state index contributed by atoms with van der Waals surface area (Å²) in [7, 11) is 3.89. The molecule has 0 amide bonds. The molecule has 1 heterocycles. The number of halogens is 1. The van der Waals surface area contributed by atoms with Crippen LogP contribution in [0.5, 0.6) is 0 Å². The van der Waals surface area contributed by atoms with E-state index < -0.39 is 0 Å². The third-order valence-electron chi connectivity index (χ3n) is 2.95. The molecule has 0 fully saturated rings. The van der Waals surface area contributed by atoms with E-state index in [1.54, 1.807) is 6.20 Å². The van der Waals surface area contributed by atoms with Crippen molar-refractivity contribution in [3.05, 3.63) is 21.6 Å². The van der Waals surface area contributed by atoms with Gasteiger partial charge in [0, 0.05) is 19.7 Å². The molecule has 7 heteroatoms. The van der Waals surface area contributed by atoms with Gasteiger partial charge in [-0.15, -0.1) is 0 Å². The normalized spacial score (nSPS) is 11.1. The van der Waals surface area contributed by atoms with Crippen molar-refractivity contribution in [3.63, 3.8) is 0 Å². The first-order chi connectivity index (χ1) is 10.1. The molecule has 0 saturated heterocycles. The quantitative estimate of drug-likeness (QED) is 0.666. The molecule has 1 aromatic rings. The van der Waals surface area contributed by atoms with Crippen molar-refractivity contribution in [2.75, 3.05) is 45.7 Å². The molecule has 0 aliphatic heterocycles. The van der Waals surface area contributed by atoms with E-state index in [1.165, 1.54) is 4.68 Å². The van der Waals surface area contributed by atoms with E-state index in [2.05, 4.69) is 17.3 Å². The minimum Gasteiger partial charge on any atom is -0.380 e. The van der Waals surface area contributed by atoms with Gasteiger partial charge >= 0.3 is 0 Å². The molecule has 0 spiro atoms. The second-order valence-electron chi connectivity index (χ2n) is 5.10. The van der Waals surface area contributed by atoms with Crippen LogP contribution in [0.1, 0.15) is 19.8 Å². The van der Waals surface area contributed by atoms with Gasteiger partial charge in [0.05, 0.1) is 25.0 Å². The maximum Gasteiger partial charge on any atom is 0.287 e. The SMILES string of the molecule is CCCCOCCNc1cnn(CCN(C)C)c(=O)c1Cl. The summed E-state index contributed by atoms with van der Waals surface area (Å²) in [5, 5.41) is 7.39. The highest BCUT2D eigenvalue weighted by molar-refractivity contribution is 6.32. The van der Waals surface area contributed by atoms with Crippen molar-refractivity contribution in [1.29, 1.82) is 0 Å². The summed E-state index contributed by atoms with van der Waals surface area (Å²) in [6.45, 7) is 5.33. The van der Waals surface area contributed by atoms with Gasteiger partial charge in [-0.05, 0) is 20.5 Å². The van der Waals surface area contributed by atoms with Gasteiger partial charge in [0.2, 0.25) is 0 Å². The van der Waals surface area contributed by atoms with Crippen molar-refractivity contribution >= 4 is 17.3 Å². The highest BCUT2D eigenvalue weighted by Gasteiger charge is 2.08. The summed E-state index contributed by atoms with van der Waals surface area (Å²) >= 11 is 6.09. The second kappa shape index (κ2) is 9.76. The first-order valence-electron chi connectivity index (χ1n) is 7.28. The van der Waals surface area contributed by atoms with E-state index in [0.717, 1.165) is 26.0 Å². The molecule has 0 saturated carbocycles. The largest absolute Gasteiger partial charge is 0.380 e. The van der Waals surface area contributed by atoms with Crippen molar-refractivity contribution < 1.29 is 4.74 Å². The molecule has 21 heavy (non-hydrogen) atoms. The van der Waals surface area contributed by atoms with Gasteiger partial charge < -0.3 is 15.0 Å². The maximum atomic E-state index is 12.1. The molecule has 0 radical (unpaired) electrons. The molecule has 0 aliphatic rings. The highest BCUT2D eigenvalue weighted by atomic mass is 35.5. The fourth-order valence-corrected chi connectivity index (χ4v) is 1.86. The number of nitrogens with one attached hydrogen (secondary N) is 1. The fourth-order valence-electron chi connectivity index (χ4n) is 1.65. The van der Waals surface area contributed by atoms with Gasteiger partial charge in [0.15, 0.2) is 0 Å². The second-order valence-corrected chi connectivity index (χ2v) is 5.47. The minimum absolute atomic E-state index is 0.178. The van der Waals surface area contributed by atoms with E-state index in [1.807, 2.05) is 19.0 Å². The summed E-state index contributed by atoms with van der Waals surface area (Å²) in [6.07, 6.45) is 3.77. The van der Waals surface area contributed by atoms with Gasteiger partial charge in [-0.3, -0.25) is 4.79 Å². The summed E-state index contributed by atoms with van der Waals surface area (Å²) in [5.74, 6) is 0. The van der Waals surface area contributed by atoms with Gasteiger partial charge in [0.25, 0.3) is 5.56 Å². The number of unbranched alkanes of at least 4 members (excludes halogenated alkanes) is 1. The predicted octanol–water partition coefficient (Wildman–Crippen LogP) is 1.69. The third-order valence-corrected chi connectivity index (χ3v) is 3.31. The number of aromatic nitrogens is 2. The number of ether oxygens (including phenoxy) is 1. The van der Waals surface area contributed by atoms with Crippen LogP contribution in [0.25, 0.3) is 0 Å². The number of hydrogen-bond acceptors (Lipinski definition) is 5. The highest BCUT2D eigenvalue weighted by Crippen LogP contribution is 2.14. The molecule has 1 aromatic heterocycles. The van der Waals surface area contributed by atoms with Gasteiger partial charge in [0.1, 0.15) is 5.02 Å². The Labute approximate surface area is 131 Å². The van der Waals surface area contributed by atoms with E-state index in [0.29, 0.717) is 25.4 Å². The minimum atomic E-state index is -0.268. The standard InChI is InChI=1S/C14H25ClN4O2/c1-4-5-9-21-10-6-16-12-11-17-19(8-7-18(2)3)14(20)13(12)15/h11,16H,4-10H2,1-3H3. The number of rotatable bonds is 10. The third kappa shape index (κ3) is 6.46. The molecule has 1 rings (SSSR count). The van der Waals surface area contributed by atoms with Crippen molar-refractivity contribution in [2.45, 2.75) is 26.3 Å².